The van der Waals surface area contributed by atoms with Crippen molar-refractivity contribution in [1.82, 2.24) is 20.5 Å². The summed E-state index contributed by atoms with van der Waals surface area (Å²) in [6.45, 7) is 1.44. The topological polar surface area (TPSA) is 100 Å². The fourth-order valence-electron chi connectivity index (χ4n) is 4.41. The number of carbonyl (C=O) groups is 2. The number of halogens is 3. The van der Waals surface area contributed by atoms with Crippen LogP contribution in [0.2, 0.25) is 5.02 Å². The van der Waals surface area contributed by atoms with E-state index in [1.165, 1.54) is 6.07 Å². The third-order valence-electron chi connectivity index (χ3n) is 6.31. The second-order valence-electron chi connectivity index (χ2n) is 9.08. The summed E-state index contributed by atoms with van der Waals surface area (Å²) >= 11 is 6.11. The van der Waals surface area contributed by atoms with E-state index in [1.54, 1.807) is 24.4 Å². The summed E-state index contributed by atoms with van der Waals surface area (Å²) in [6.07, 6.45) is 3.02. The van der Waals surface area contributed by atoms with Gasteiger partial charge in [-0.1, -0.05) is 35.9 Å². The Bertz CT molecular complexity index is 1260. The number of carbonyl (C=O) groups excluding carboxylic acids is 2. The van der Waals surface area contributed by atoms with Crippen molar-refractivity contribution in [2.45, 2.75) is 44.4 Å². The number of rotatable bonds is 9. The summed E-state index contributed by atoms with van der Waals surface area (Å²) in [7, 11) is 0. The molecule has 194 valence electrons. The van der Waals surface area contributed by atoms with E-state index in [0.29, 0.717) is 29.4 Å². The normalized spacial score (nSPS) is 16.4. The number of anilines is 1. The molecule has 37 heavy (non-hydrogen) atoms. The Labute approximate surface area is 219 Å². The van der Waals surface area contributed by atoms with Crippen molar-refractivity contribution in [2.24, 2.45) is 0 Å². The fourth-order valence-corrected chi connectivity index (χ4v) is 4.63. The number of aromatic nitrogens is 1. The van der Waals surface area contributed by atoms with Crippen molar-refractivity contribution in [3.8, 4) is 0 Å². The Morgan fingerprint density at radius 1 is 1.08 bits per heavy atom. The molecule has 0 aliphatic carbocycles. The van der Waals surface area contributed by atoms with E-state index < -0.39 is 29.6 Å². The number of nitrogens with one attached hydrogen (secondary N) is 2. The lowest BCUT2D eigenvalue weighted by atomic mass is 10.0. The average Bonchev–Trinajstić information content (AvgIpc) is 3.33. The van der Waals surface area contributed by atoms with Gasteiger partial charge in [0.1, 0.15) is 11.9 Å². The molecular weight excluding hydrogens is 500 g/mol. The summed E-state index contributed by atoms with van der Waals surface area (Å²) in [5.74, 6) is -2.38. The summed E-state index contributed by atoms with van der Waals surface area (Å²) < 4.78 is 27.3. The lowest BCUT2D eigenvalue weighted by molar-refractivity contribution is -0.131. The van der Waals surface area contributed by atoms with Gasteiger partial charge in [-0.05, 0) is 66.4 Å². The van der Waals surface area contributed by atoms with E-state index in [9.17, 15) is 18.4 Å². The zero-order chi connectivity index (χ0) is 26.4. The van der Waals surface area contributed by atoms with E-state index in [-0.39, 0.29) is 18.9 Å². The standard InChI is InChI=1S/C27H28ClF2N5O2/c28-20-4-1-3-18(11-20)16-35-10-2-5-24(35)27(37)34-23(13-17-6-8-21(29)22(30)12-17)26(36)33-15-19-7-9-25(31)32-14-19/h1,3-4,6-9,11-12,14,23-24H,2,5,10,13,15-16H2,(H2,31,32)(H,33,36)(H,34,37)/t23-,24?/m0/s1. The summed E-state index contributed by atoms with van der Waals surface area (Å²) in [4.78, 5) is 32.5. The smallest absolute Gasteiger partial charge is 0.243 e. The highest BCUT2D eigenvalue weighted by Gasteiger charge is 2.33. The first kappa shape index (κ1) is 26.5. The highest BCUT2D eigenvalue weighted by Crippen LogP contribution is 2.22. The Balaban J connectivity index is 1.47. The number of hydrogen-bond acceptors (Lipinski definition) is 5. The molecule has 1 aliphatic heterocycles. The van der Waals surface area contributed by atoms with Crippen LogP contribution in [0.25, 0.3) is 0 Å². The zero-order valence-corrected chi connectivity index (χ0v) is 20.8. The molecular formula is C27H28ClF2N5O2. The molecule has 3 aromatic rings. The molecule has 0 saturated carbocycles. The molecule has 4 N–H and O–H groups in total. The fraction of sp³-hybridized carbons (Fsp3) is 0.296. The third-order valence-corrected chi connectivity index (χ3v) is 6.55. The van der Waals surface area contributed by atoms with Gasteiger partial charge in [0.15, 0.2) is 11.6 Å². The van der Waals surface area contributed by atoms with Gasteiger partial charge >= 0.3 is 0 Å². The van der Waals surface area contributed by atoms with Gasteiger partial charge in [0, 0.05) is 30.7 Å². The summed E-state index contributed by atoms with van der Waals surface area (Å²) in [6, 6.07) is 12.8. The van der Waals surface area contributed by atoms with Crippen molar-refractivity contribution in [3.05, 3.63) is 94.1 Å². The molecule has 1 aromatic heterocycles. The van der Waals surface area contributed by atoms with Crippen LogP contribution in [-0.2, 0) is 29.1 Å². The van der Waals surface area contributed by atoms with Crippen LogP contribution in [0.3, 0.4) is 0 Å². The maximum absolute atomic E-state index is 13.8. The number of pyridine rings is 1. The molecule has 0 bridgehead atoms. The number of nitrogens with zero attached hydrogens (tertiary/aromatic N) is 2. The first-order valence-corrected chi connectivity index (χ1v) is 12.4. The van der Waals surface area contributed by atoms with E-state index in [1.807, 2.05) is 23.1 Å². The van der Waals surface area contributed by atoms with Crippen LogP contribution in [0, 0.1) is 11.6 Å². The van der Waals surface area contributed by atoms with E-state index in [2.05, 4.69) is 15.6 Å². The molecule has 2 aromatic carbocycles. The second-order valence-corrected chi connectivity index (χ2v) is 9.52. The minimum atomic E-state index is -1.01. The Kier molecular flexibility index (Phi) is 8.68. The highest BCUT2D eigenvalue weighted by molar-refractivity contribution is 6.30. The van der Waals surface area contributed by atoms with Crippen LogP contribution in [0.1, 0.15) is 29.5 Å². The zero-order valence-electron chi connectivity index (χ0n) is 20.1. The van der Waals surface area contributed by atoms with Crippen LogP contribution >= 0.6 is 11.6 Å². The van der Waals surface area contributed by atoms with Gasteiger partial charge in [-0.25, -0.2) is 13.8 Å². The predicted octanol–water partition coefficient (Wildman–Crippen LogP) is 3.60. The third kappa shape index (κ3) is 7.24. The molecule has 1 unspecified atom stereocenters. The minimum absolute atomic E-state index is 0.00419. The molecule has 2 atom stereocenters. The van der Waals surface area contributed by atoms with E-state index in [0.717, 1.165) is 36.2 Å². The van der Waals surface area contributed by atoms with Crippen molar-refractivity contribution < 1.29 is 18.4 Å². The van der Waals surface area contributed by atoms with Crippen LogP contribution in [-0.4, -0.2) is 40.3 Å². The van der Waals surface area contributed by atoms with Gasteiger partial charge in [0.25, 0.3) is 0 Å². The van der Waals surface area contributed by atoms with Crippen LogP contribution in [0.15, 0.2) is 60.8 Å². The quantitative estimate of drug-likeness (QED) is 0.395. The molecule has 1 saturated heterocycles. The van der Waals surface area contributed by atoms with Crippen LogP contribution in [0.4, 0.5) is 14.6 Å². The largest absolute Gasteiger partial charge is 0.384 e. The number of hydrogen-bond donors (Lipinski definition) is 3. The molecule has 0 radical (unpaired) electrons. The molecule has 1 aliphatic rings. The second kappa shape index (κ2) is 12.1. The maximum atomic E-state index is 13.8. The highest BCUT2D eigenvalue weighted by atomic mass is 35.5. The Morgan fingerprint density at radius 3 is 2.62 bits per heavy atom. The van der Waals surface area contributed by atoms with Crippen molar-refractivity contribution >= 4 is 29.2 Å². The van der Waals surface area contributed by atoms with Gasteiger partial charge < -0.3 is 16.4 Å². The molecule has 4 rings (SSSR count). The van der Waals surface area contributed by atoms with Crippen LogP contribution in [0.5, 0.6) is 0 Å². The number of likely N-dealkylation sites (tertiary alicyclic amines) is 1. The number of nitrogen functional groups attached to an aromatic ring is 1. The van der Waals surface area contributed by atoms with Crippen molar-refractivity contribution in [3.63, 3.8) is 0 Å². The van der Waals surface area contributed by atoms with Gasteiger partial charge in [0.2, 0.25) is 11.8 Å². The SMILES string of the molecule is Nc1ccc(CNC(=O)[C@H](Cc2ccc(F)c(F)c2)NC(=O)C2CCCN2Cc2cccc(Cl)c2)cn1. The lowest BCUT2D eigenvalue weighted by Gasteiger charge is -2.26. The minimum Gasteiger partial charge on any atom is -0.384 e. The van der Waals surface area contributed by atoms with Gasteiger partial charge in [-0.2, -0.15) is 0 Å². The van der Waals surface area contributed by atoms with Gasteiger partial charge in [-0.3, -0.25) is 14.5 Å². The summed E-state index contributed by atoms with van der Waals surface area (Å²) in [5.41, 5.74) is 7.70. The maximum Gasteiger partial charge on any atom is 0.243 e. The molecule has 7 nitrogen and oxygen atoms in total. The average molecular weight is 528 g/mol. The predicted molar refractivity (Wildman–Crippen MR) is 137 cm³/mol. The first-order chi connectivity index (χ1) is 17.8. The molecule has 1 fully saturated rings. The first-order valence-electron chi connectivity index (χ1n) is 12.0. The number of amides is 2. The monoisotopic (exact) mass is 527 g/mol. The molecule has 2 amide bonds. The summed E-state index contributed by atoms with van der Waals surface area (Å²) in [5, 5.41) is 6.25. The van der Waals surface area contributed by atoms with Gasteiger partial charge in [-0.15, -0.1) is 0 Å². The molecule has 0 spiro atoms. The van der Waals surface area contributed by atoms with E-state index in [4.69, 9.17) is 17.3 Å². The van der Waals surface area contributed by atoms with E-state index >= 15 is 0 Å². The lowest BCUT2D eigenvalue weighted by Crippen LogP contribution is -2.52. The molecule has 10 heteroatoms. The van der Waals surface area contributed by atoms with Crippen molar-refractivity contribution in [2.75, 3.05) is 12.3 Å². The number of benzene rings is 2. The Hall–Kier alpha value is -3.56. The van der Waals surface area contributed by atoms with Crippen molar-refractivity contribution in [1.29, 1.82) is 0 Å². The van der Waals surface area contributed by atoms with Gasteiger partial charge in [0.05, 0.1) is 6.04 Å². The number of nitrogens with two attached hydrogens (primary N) is 1. The van der Waals surface area contributed by atoms with Crippen LogP contribution < -0.4 is 16.4 Å². The molecule has 2 heterocycles. The Morgan fingerprint density at radius 2 is 1.89 bits per heavy atom.